The second-order valence-electron chi connectivity index (χ2n) is 4.28. The van der Waals surface area contributed by atoms with Gasteiger partial charge in [-0.3, -0.25) is 9.89 Å². The average molecular weight is 287 g/mol. The molecular formula is C15H11ClN2O2. The number of furan rings is 1. The fraction of sp³-hybridized carbons (Fsp3) is 0. The van der Waals surface area contributed by atoms with Gasteiger partial charge in [0.15, 0.2) is 0 Å². The molecular weight excluding hydrogens is 276 g/mol. The minimum atomic E-state index is -0.200. The van der Waals surface area contributed by atoms with Crippen molar-refractivity contribution in [3.63, 3.8) is 0 Å². The highest BCUT2D eigenvalue weighted by Gasteiger charge is 2.05. The summed E-state index contributed by atoms with van der Waals surface area (Å²) in [5.41, 5.74) is 0.458. The maximum absolute atomic E-state index is 12.4. The molecule has 0 unspecified atom stereocenters. The van der Waals surface area contributed by atoms with Crippen molar-refractivity contribution in [3.05, 3.63) is 74.4 Å². The number of rotatable bonds is 2. The van der Waals surface area contributed by atoms with Crippen molar-refractivity contribution < 1.29 is 4.42 Å². The van der Waals surface area contributed by atoms with Crippen molar-refractivity contribution >= 4 is 24.3 Å². The van der Waals surface area contributed by atoms with E-state index in [0.29, 0.717) is 27.0 Å². The van der Waals surface area contributed by atoms with Crippen molar-refractivity contribution in [1.82, 2.24) is 9.78 Å². The number of aromatic amines is 1. The fourth-order valence-corrected chi connectivity index (χ4v) is 2.14. The highest BCUT2D eigenvalue weighted by atomic mass is 35.5. The van der Waals surface area contributed by atoms with Crippen molar-refractivity contribution in [3.8, 4) is 5.69 Å². The third-order valence-corrected chi connectivity index (χ3v) is 3.14. The molecule has 3 aromatic rings. The smallest absolute Gasteiger partial charge is 0.279 e. The third kappa shape index (κ3) is 2.21. The minimum Gasteiger partial charge on any atom is -0.465 e. The first-order valence-corrected chi connectivity index (χ1v) is 6.34. The van der Waals surface area contributed by atoms with Crippen LogP contribution in [0.15, 0.2) is 51.9 Å². The second kappa shape index (κ2) is 4.90. The zero-order chi connectivity index (χ0) is 14.1. The van der Waals surface area contributed by atoms with Gasteiger partial charge in [-0.2, -0.15) is 0 Å². The van der Waals surface area contributed by atoms with Gasteiger partial charge in [-0.25, -0.2) is 4.68 Å². The largest absolute Gasteiger partial charge is 0.465 e. The Morgan fingerprint density at radius 2 is 2.15 bits per heavy atom. The van der Waals surface area contributed by atoms with Crippen molar-refractivity contribution in [1.29, 1.82) is 0 Å². The number of H-pyrrole nitrogens is 1. The minimum absolute atomic E-state index is 0.200. The molecule has 2 heterocycles. The van der Waals surface area contributed by atoms with E-state index in [4.69, 9.17) is 16.0 Å². The van der Waals surface area contributed by atoms with Crippen LogP contribution in [0.1, 0.15) is 5.76 Å². The molecule has 3 rings (SSSR count). The SMILES string of the molecule is C=c1[nH]n(-c2cccc(Cl)c2)c(=O)c1=Cc1ccco1. The quantitative estimate of drug-likeness (QED) is 0.779. The molecule has 0 saturated heterocycles. The maximum Gasteiger partial charge on any atom is 0.279 e. The molecule has 100 valence electrons. The summed E-state index contributed by atoms with van der Waals surface area (Å²) in [5.74, 6) is 0.601. The van der Waals surface area contributed by atoms with Gasteiger partial charge in [-0.05, 0) is 36.4 Å². The van der Waals surface area contributed by atoms with Crippen LogP contribution in [0, 0.1) is 0 Å². The molecule has 0 aliphatic heterocycles. The van der Waals surface area contributed by atoms with Crippen LogP contribution in [0.4, 0.5) is 0 Å². The lowest BCUT2D eigenvalue weighted by Gasteiger charge is -2.00. The van der Waals surface area contributed by atoms with E-state index >= 15 is 0 Å². The first kappa shape index (κ1) is 12.6. The molecule has 0 radical (unpaired) electrons. The van der Waals surface area contributed by atoms with Gasteiger partial charge in [0.05, 0.1) is 22.5 Å². The monoisotopic (exact) mass is 286 g/mol. The zero-order valence-electron chi connectivity index (χ0n) is 10.5. The normalized spacial score (nSPS) is 11.9. The molecule has 0 aliphatic rings. The average Bonchev–Trinajstić information content (AvgIpc) is 3.02. The Morgan fingerprint density at radius 1 is 1.30 bits per heavy atom. The van der Waals surface area contributed by atoms with Crippen molar-refractivity contribution in [2.75, 3.05) is 0 Å². The molecule has 5 heteroatoms. The lowest BCUT2D eigenvalue weighted by atomic mass is 10.3. The maximum atomic E-state index is 12.4. The topological polar surface area (TPSA) is 50.9 Å². The Balaban J connectivity index is 2.22. The summed E-state index contributed by atoms with van der Waals surface area (Å²) in [5, 5.41) is 4.47. The van der Waals surface area contributed by atoms with Crippen LogP contribution in [0.5, 0.6) is 0 Å². The molecule has 4 nitrogen and oxygen atoms in total. The zero-order valence-corrected chi connectivity index (χ0v) is 11.2. The summed E-state index contributed by atoms with van der Waals surface area (Å²) >= 11 is 5.94. The van der Waals surface area contributed by atoms with Gasteiger partial charge in [-0.1, -0.05) is 24.2 Å². The van der Waals surface area contributed by atoms with E-state index in [-0.39, 0.29) is 5.56 Å². The number of benzene rings is 1. The van der Waals surface area contributed by atoms with Crippen LogP contribution in [0.25, 0.3) is 18.3 Å². The van der Waals surface area contributed by atoms with Gasteiger partial charge >= 0.3 is 0 Å². The summed E-state index contributed by atoms with van der Waals surface area (Å²) in [7, 11) is 0. The van der Waals surface area contributed by atoms with E-state index in [1.54, 1.807) is 48.7 Å². The van der Waals surface area contributed by atoms with E-state index in [0.717, 1.165) is 0 Å². The molecule has 1 N–H and O–H groups in total. The lowest BCUT2D eigenvalue weighted by Crippen LogP contribution is -2.33. The van der Waals surface area contributed by atoms with E-state index < -0.39 is 0 Å². The Labute approximate surface area is 119 Å². The number of hydrogen-bond acceptors (Lipinski definition) is 2. The molecule has 1 aromatic carbocycles. The number of halogens is 1. The third-order valence-electron chi connectivity index (χ3n) is 2.90. The molecule has 0 bridgehead atoms. The standard InChI is InChI=1S/C15H11ClN2O2/c1-10-14(9-13-6-3-7-20-13)15(19)18(17-10)12-5-2-4-11(16)8-12/h2-9,17H,1H2. The lowest BCUT2D eigenvalue weighted by molar-refractivity contribution is 0.556. The Morgan fingerprint density at radius 3 is 2.85 bits per heavy atom. The van der Waals surface area contributed by atoms with Crippen LogP contribution >= 0.6 is 11.6 Å². The van der Waals surface area contributed by atoms with Gasteiger partial charge in [0.25, 0.3) is 5.56 Å². The van der Waals surface area contributed by atoms with Gasteiger partial charge in [0.1, 0.15) is 5.76 Å². The van der Waals surface area contributed by atoms with Gasteiger partial charge in [0.2, 0.25) is 0 Å². The van der Waals surface area contributed by atoms with Gasteiger partial charge in [0, 0.05) is 5.02 Å². The summed E-state index contributed by atoms with van der Waals surface area (Å²) in [6, 6.07) is 10.6. The summed E-state index contributed by atoms with van der Waals surface area (Å²) in [4.78, 5) is 12.4. The van der Waals surface area contributed by atoms with Crippen LogP contribution in [-0.4, -0.2) is 9.78 Å². The van der Waals surface area contributed by atoms with Crippen LogP contribution in [0.2, 0.25) is 5.02 Å². The summed E-state index contributed by atoms with van der Waals surface area (Å²) in [6.07, 6.45) is 3.21. The molecule has 0 spiro atoms. The highest BCUT2D eigenvalue weighted by molar-refractivity contribution is 6.30. The predicted molar refractivity (Wildman–Crippen MR) is 78.4 cm³/mol. The van der Waals surface area contributed by atoms with E-state index in [9.17, 15) is 4.79 Å². The van der Waals surface area contributed by atoms with Crippen LogP contribution in [-0.2, 0) is 0 Å². The molecule has 0 saturated carbocycles. The molecule has 2 aromatic heterocycles. The molecule has 20 heavy (non-hydrogen) atoms. The van der Waals surface area contributed by atoms with Crippen molar-refractivity contribution in [2.45, 2.75) is 0 Å². The second-order valence-corrected chi connectivity index (χ2v) is 4.72. The summed E-state index contributed by atoms with van der Waals surface area (Å²) in [6.45, 7) is 3.85. The predicted octanol–water partition coefficient (Wildman–Crippen LogP) is 1.65. The molecule has 0 fully saturated rings. The first-order chi connectivity index (χ1) is 9.65. The van der Waals surface area contributed by atoms with Crippen LogP contribution in [0.3, 0.4) is 0 Å². The Bertz CT molecular complexity index is 904. The van der Waals surface area contributed by atoms with Gasteiger partial charge < -0.3 is 4.42 Å². The number of nitrogens with zero attached hydrogens (tertiary/aromatic N) is 1. The fourth-order valence-electron chi connectivity index (χ4n) is 1.96. The van der Waals surface area contributed by atoms with Crippen molar-refractivity contribution in [2.24, 2.45) is 0 Å². The first-order valence-electron chi connectivity index (χ1n) is 5.96. The molecule has 0 aliphatic carbocycles. The number of hydrogen-bond donors (Lipinski definition) is 1. The van der Waals surface area contributed by atoms with E-state index in [1.165, 1.54) is 4.68 Å². The van der Waals surface area contributed by atoms with E-state index in [2.05, 4.69) is 11.7 Å². The Kier molecular flexibility index (Phi) is 3.08. The van der Waals surface area contributed by atoms with Crippen LogP contribution < -0.4 is 16.1 Å². The molecule has 0 atom stereocenters. The molecule has 0 amide bonds. The highest BCUT2D eigenvalue weighted by Crippen LogP contribution is 2.11. The van der Waals surface area contributed by atoms with E-state index in [1.807, 2.05) is 0 Å². The Hall–Kier alpha value is -2.46. The number of aromatic nitrogens is 2. The number of nitrogens with one attached hydrogen (secondary N) is 1. The summed E-state index contributed by atoms with van der Waals surface area (Å²) < 4.78 is 6.62. The van der Waals surface area contributed by atoms with Gasteiger partial charge in [-0.15, -0.1) is 0 Å².